The van der Waals surface area contributed by atoms with Crippen LogP contribution in [0.3, 0.4) is 0 Å². The molecule has 0 fully saturated rings. The van der Waals surface area contributed by atoms with Crippen LogP contribution in [0.4, 0.5) is 0 Å². The molecule has 0 N–H and O–H groups in total. The summed E-state index contributed by atoms with van der Waals surface area (Å²) >= 11 is 2.52. The number of rotatable bonds is 8. The van der Waals surface area contributed by atoms with E-state index in [4.69, 9.17) is 0 Å². The van der Waals surface area contributed by atoms with Crippen LogP contribution in [0.25, 0.3) is 0 Å². The number of unbranched alkanes of at least 4 members (excludes halogenated alkanes) is 2. The molecule has 2 unspecified atom stereocenters. The normalized spacial score (nSPS) is 15.6. The molecule has 78 valence electrons. The topological polar surface area (TPSA) is 0 Å². The van der Waals surface area contributed by atoms with Gasteiger partial charge in [-0.15, -0.1) is 0 Å². The van der Waals surface area contributed by atoms with Crippen LogP contribution in [0.15, 0.2) is 0 Å². The maximum Gasteiger partial charge on any atom is 0.105 e. The van der Waals surface area contributed by atoms with Crippen LogP contribution in [-0.4, -0.2) is 11.8 Å². The third kappa shape index (κ3) is 10.7. The Balaban J connectivity index is 3.15. The number of alkyl halides is 1. The second-order valence-electron chi connectivity index (χ2n) is 4.31. The van der Waals surface area contributed by atoms with Crippen molar-refractivity contribution < 1.29 is 0 Å². The van der Waals surface area contributed by atoms with Gasteiger partial charge in [-0.25, -0.2) is 0 Å². The first-order valence-electron chi connectivity index (χ1n) is 5.80. The van der Waals surface area contributed by atoms with E-state index in [9.17, 15) is 0 Å². The van der Waals surface area contributed by atoms with Crippen molar-refractivity contribution in [3.8, 4) is 0 Å². The Morgan fingerprint density at radius 1 is 1.08 bits per heavy atom. The smallest absolute Gasteiger partial charge is 0.0829 e. The molecule has 0 aliphatic carbocycles. The summed E-state index contributed by atoms with van der Waals surface area (Å²) in [5.41, 5.74) is 0. The molecule has 0 radical (unpaired) electrons. The minimum Gasteiger partial charge on any atom is -0.0829 e. The van der Waals surface area contributed by atoms with Crippen LogP contribution in [0, 0.1) is 0 Å². The zero-order valence-electron chi connectivity index (χ0n) is 9.48. The number of hydrogen-bond acceptors (Lipinski definition) is 0. The molecule has 0 aromatic rings. The molecule has 0 spiro atoms. The van der Waals surface area contributed by atoms with Crippen molar-refractivity contribution in [3.63, 3.8) is 0 Å². The highest BCUT2D eigenvalue weighted by molar-refractivity contribution is 14.1. The van der Waals surface area contributed by atoms with Gasteiger partial charge in [0.15, 0.2) is 0 Å². The summed E-state index contributed by atoms with van der Waals surface area (Å²) in [6.07, 6.45) is 9.94. The van der Waals surface area contributed by atoms with Crippen LogP contribution in [0.2, 0.25) is 5.82 Å². The van der Waals surface area contributed by atoms with E-state index < -0.39 is 0 Å². The summed E-state index contributed by atoms with van der Waals surface area (Å²) in [5, 5.41) is 0. The molecule has 0 aromatic carbocycles. The van der Waals surface area contributed by atoms with Crippen LogP contribution < -0.4 is 0 Å². The van der Waals surface area contributed by atoms with Gasteiger partial charge < -0.3 is 0 Å². The van der Waals surface area contributed by atoms with Gasteiger partial charge >= 0.3 is 0 Å². The average Bonchev–Trinajstić information content (AvgIpc) is 2.04. The first-order valence-corrected chi connectivity index (χ1v) is 7.05. The lowest BCUT2D eigenvalue weighted by molar-refractivity contribution is 0.577. The van der Waals surface area contributed by atoms with E-state index in [-0.39, 0.29) is 0 Å². The molecule has 0 aromatic heterocycles. The van der Waals surface area contributed by atoms with Crippen LogP contribution in [-0.2, 0) is 0 Å². The van der Waals surface area contributed by atoms with Gasteiger partial charge in [0.05, 0.1) is 0 Å². The zero-order valence-corrected chi connectivity index (χ0v) is 11.6. The lowest BCUT2D eigenvalue weighted by Gasteiger charge is -2.11. The van der Waals surface area contributed by atoms with E-state index in [1.165, 1.54) is 44.9 Å². The highest BCUT2D eigenvalue weighted by Gasteiger charge is 2.02. The van der Waals surface area contributed by atoms with Gasteiger partial charge in [-0.3, -0.25) is 0 Å². The van der Waals surface area contributed by atoms with E-state index >= 15 is 0 Å². The average molecular weight is 294 g/mol. The molecule has 0 aliphatic rings. The van der Waals surface area contributed by atoms with Crippen molar-refractivity contribution in [2.75, 3.05) is 0 Å². The molecule has 2 heteroatoms. The summed E-state index contributed by atoms with van der Waals surface area (Å²) in [6.45, 7) is 4.59. The molecular weight excluding hydrogens is 270 g/mol. The zero-order chi connectivity index (χ0) is 10.1. The molecule has 0 rings (SSSR count). The SMILES string of the molecule is BC(CCCCC)CCCC(C)I. The number of hydrogen-bond donors (Lipinski definition) is 0. The van der Waals surface area contributed by atoms with Crippen molar-refractivity contribution in [2.45, 2.75) is 68.5 Å². The highest BCUT2D eigenvalue weighted by Crippen LogP contribution is 2.20. The Labute approximate surface area is 98.8 Å². The molecule has 0 bridgehead atoms. The maximum atomic E-state index is 2.52. The Morgan fingerprint density at radius 3 is 2.23 bits per heavy atom. The summed E-state index contributed by atoms with van der Waals surface area (Å²) < 4.78 is 0.862. The van der Waals surface area contributed by atoms with Crippen molar-refractivity contribution in [1.82, 2.24) is 0 Å². The van der Waals surface area contributed by atoms with Crippen molar-refractivity contribution in [2.24, 2.45) is 0 Å². The molecular formula is C11H24BI. The quantitative estimate of drug-likeness (QED) is 0.275. The van der Waals surface area contributed by atoms with Gasteiger partial charge in [0.1, 0.15) is 7.85 Å². The van der Waals surface area contributed by atoms with E-state index in [2.05, 4.69) is 44.3 Å². The maximum absolute atomic E-state index is 2.52. The van der Waals surface area contributed by atoms with Crippen molar-refractivity contribution in [1.29, 1.82) is 0 Å². The lowest BCUT2D eigenvalue weighted by atomic mass is 9.79. The van der Waals surface area contributed by atoms with Gasteiger partial charge in [-0.05, 0) is 6.42 Å². The second kappa shape index (κ2) is 9.35. The molecule has 0 saturated carbocycles. The monoisotopic (exact) mass is 294 g/mol. The van der Waals surface area contributed by atoms with Crippen molar-refractivity contribution >= 4 is 30.4 Å². The van der Waals surface area contributed by atoms with Crippen LogP contribution in [0.5, 0.6) is 0 Å². The summed E-state index contributed by atoms with van der Waals surface area (Å²) in [7, 11) is 2.41. The molecule has 2 atom stereocenters. The molecule has 0 saturated heterocycles. The first-order chi connectivity index (χ1) is 6.16. The minimum atomic E-state index is 0.862. The molecule has 0 aliphatic heterocycles. The van der Waals surface area contributed by atoms with E-state index in [0.717, 1.165) is 9.74 Å². The number of halogens is 1. The van der Waals surface area contributed by atoms with Crippen LogP contribution >= 0.6 is 22.6 Å². The standard InChI is InChI=1S/C11H24BI/c1-3-4-5-8-11(12)9-6-7-10(2)13/h10-11H,3-9,12H2,1-2H3. The fourth-order valence-electron chi connectivity index (χ4n) is 1.63. The Hall–Kier alpha value is 0.795. The van der Waals surface area contributed by atoms with Gasteiger partial charge in [0.25, 0.3) is 0 Å². The van der Waals surface area contributed by atoms with Gasteiger partial charge in [0, 0.05) is 3.92 Å². The fourth-order valence-corrected chi connectivity index (χ4v) is 2.08. The van der Waals surface area contributed by atoms with Gasteiger partial charge in [-0.2, -0.15) is 0 Å². The van der Waals surface area contributed by atoms with E-state index in [1.807, 2.05) is 0 Å². The predicted octanol–water partition coefficient (Wildman–Crippen LogP) is 3.98. The molecule has 13 heavy (non-hydrogen) atoms. The molecule has 0 nitrogen and oxygen atoms in total. The molecule has 0 amide bonds. The predicted molar refractivity (Wildman–Crippen MR) is 73.8 cm³/mol. The Kier molecular flexibility index (Phi) is 9.93. The molecule has 0 heterocycles. The highest BCUT2D eigenvalue weighted by atomic mass is 127. The van der Waals surface area contributed by atoms with E-state index in [1.54, 1.807) is 0 Å². The second-order valence-corrected chi connectivity index (χ2v) is 6.44. The summed E-state index contributed by atoms with van der Waals surface area (Å²) in [5.74, 6) is 0.960. The lowest BCUT2D eigenvalue weighted by Crippen LogP contribution is -1.96. The Morgan fingerprint density at radius 2 is 1.69 bits per heavy atom. The fraction of sp³-hybridized carbons (Fsp3) is 1.00. The van der Waals surface area contributed by atoms with Crippen molar-refractivity contribution in [3.05, 3.63) is 0 Å². The van der Waals surface area contributed by atoms with Gasteiger partial charge in [-0.1, -0.05) is 80.8 Å². The van der Waals surface area contributed by atoms with Crippen LogP contribution in [0.1, 0.15) is 58.8 Å². The van der Waals surface area contributed by atoms with E-state index in [0.29, 0.717) is 0 Å². The van der Waals surface area contributed by atoms with Gasteiger partial charge in [0.2, 0.25) is 0 Å². The minimum absolute atomic E-state index is 0.862. The summed E-state index contributed by atoms with van der Waals surface area (Å²) in [4.78, 5) is 0. The largest absolute Gasteiger partial charge is 0.105 e. The third-order valence-corrected chi connectivity index (χ3v) is 3.22. The third-order valence-electron chi connectivity index (χ3n) is 2.60. The first kappa shape index (κ1) is 13.8. The summed E-state index contributed by atoms with van der Waals surface area (Å²) in [6, 6.07) is 0. The Bertz CT molecular complexity index is 104.